The Balaban J connectivity index is 3.33. The second-order valence-electron chi connectivity index (χ2n) is 3.19. The highest BCUT2D eigenvalue weighted by Gasteiger charge is 2.09. The lowest BCUT2D eigenvalue weighted by atomic mass is 10.1. The number of hydrogen-bond acceptors (Lipinski definition) is 3. The summed E-state index contributed by atoms with van der Waals surface area (Å²) >= 11 is 5.51. The van der Waals surface area contributed by atoms with E-state index in [1.807, 2.05) is 18.2 Å². The third kappa shape index (κ3) is 3.86. The van der Waals surface area contributed by atoms with Crippen molar-refractivity contribution in [2.45, 2.75) is 0 Å². The Morgan fingerprint density at radius 2 is 2.11 bits per heavy atom. The molecule has 0 amide bonds. The van der Waals surface area contributed by atoms with Crippen molar-refractivity contribution < 1.29 is 4.74 Å². The molecule has 0 aliphatic carbocycles. The van der Waals surface area contributed by atoms with E-state index in [4.69, 9.17) is 15.3 Å². The molecule has 90 valence electrons. The quantitative estimate of drug-likeness (QED) is 0.424. The van der Waals surface area contributed by atoms with Crippen molar-refractivity contribution in [2.75, 3.05) is 6.61 Å². The highest BCUT2D eigenvalue weighted by atomic mass is 127. The van der Waals surface area contributed by atoms with Crippen LogP contribution in [0.1, 0.15) is 5.56 Å². The monoisotopic (exact) mass is 414 g/mol. The smallest absolute Gasteiger partial charge is 0.140 e. The first-order valence-electron chi connectivity index (χ1n) is 4.87. The molecule has 0 saturated carbocycles. The Hall–Kier alpha value is -1.31. The summed E-state index contributed by atoms with van der Waals surface area (Å²) < 4.78 is 7.31. The highest BCUT2D eigenvalue weighted by molar-refractivity contribution is 14.1. The van der Waals surface area contributed by atoms with Crippen LogP contribution in [-0.2, 0) is 0 Å². The maximum Gasteiger partial charge on any atom is 0.140 e. The Bertz CT molecular complexity index is 566. The number of benzene rings is 1. The first-order valence-corrected chi connectivity index (χ1v) is 6.74. The predicted octanol–water partition coefficient (Wildman–Crippen LogP) is 4.05. The molecule has 5 heteroatoms. The van der Waals surface area contributed by atoms with Crippen LogP contribution in [0.4, 0.5) is 0 Å². The molecule has 0 atom stereocenters. The number of ether oxygens (including phenoxy) is 1. The van der Waals surface area contributed by atoms with Gasteiger partial charge >= 0.3 is 0 Å². The van der Waals surface area contributed by atoms with E-state index >= 15 is 0 Å². The van der Waals surface area contributed by atoms with E-state index in [-0.39, 0.29) is 5.57 Å². The number of halogens is 2. The molecule has 3 nitrogen and oxygen atoms in total. The fourth-order valence-electron chi connectivity index (χ4n) is 1.23. The molecule has 0 N–H and O–H groups in total. The summed E-state index contributed by atoms with van der Waals surface area (Å²) in [5.74, 6) is 0.640. The second kappa shape index (κ2) is 7.20. The van der Waals surface area contributed by atoms with Gasteiger partial charge in [-0.3, -0.25) is 0 Å². The molecule has 0 aliphatic rings. The van der Waals surface area contributed by atoms with E-state index in [0.29, 0.717) is 17.9 Å². The molecule has 0 saturated heterocycles. The van der Waals surface area contributed by atoms with Gasteiger partial charge in [0, 0.05) is 10.0 Å². The van der Waals surface area contributed by atoms with Gasteiger partial charge in [0.2, 0.25) is 0 Å². The molecular formula is C13H8BrIN2O. The van der Waals surface area contributed by atoms with Gasteiger partial charge in [-0.1, -0.05) is 28.6 Å². The van der Waals surface area contributed by atoms with Crippen LogP contribution in [0.5, 0.6) is 5.75 Å². The van der Waals surface area contributed by atoms with Gasteiger partial charge in [-0.15, -0.1) is 0 Å². The van der Waals surface area contributed by atoms with Crippen molar-refractivity contribution in [1.82, 2.24) is 0 Å². The molecule has 1 aromatic rings. The normalized spacial score (nSPS) is 8.89. The average Bonchev–Trinajstić information content (AvgIpc) is 2.34. The molecule has 18 heavy (non-hydrogen) atoms. The van der Waals surface area contributed by atoms with Crippen molar-refractivity contribution in [3.63, 3.8) is 0 Å². The molecule has 0 radical (unpaired) electrons. The van der Waals surface area contributed by atoms with Gasteiger partial charge in [-0.25, -0.2) is 0 Å². The minimum absolute atomic E-state index is 0.0346. The maximum atomic E-state index is 8.78. The third-order valence-electron chi connectivity index (χ3n) is 1.92. The maximum absolute atomic E-state index is 8.78. The first kappa shape index (κ1) is 14.7. The molecule has 0 bridgehead atoms. The number of rotatable bonds is 4. The van der Waals surface area contributed by atoms with Crippen LogP contribution in [0.3, 0.4) is 0 Å². The third-order valence-corrected chi connectivity index (χ3v) is 3.18. The molecule has 0 fully saturated rings. The van der Waals surface area contributed by atoms with E-state index in [1.165, 1.54) is 6.08 Å². The largest absolute Gasteiger partial charge is 0.488 e. The van der Waals surface area contributed by atoms with Crippen molar-refractivity contribution in [2.24, 2.45) is 0 Å². The summed E-state index contributed by atoms with van der Waals surface area (Å²) in [6.07, 6.45) is 3.15. The van der Waals surface area contributed by atoms with Crippen LogP contribution in [-0.4, -0.2) is 6.61 Å². The van der Waals surface area contributed by atoms with Crippen LogP contribution in [0, 0.1) is 26.2 Å². The van der Waals surface area contributed by atoms with Crippen molar-refractivity contribution in [1.29, 1.82) is 10.5 Å². The van der Waals surface area contributed by atoms with Crippen LogP contribution >= 0.6 is 38.5 Å². The summed E-state index contributed by atoms with van der Waals surface area (Å²) in [4.78, 5) is 0. The second-order valence-corrected chi connectivity index (χ2v) is 5.27. The minimum atomic E-state index is 0.0346. The molecule has 1 rings (SSSR count). The molecule has 1 aromatic carbocycles. The summed E-state index contributed by atoms with van der Waals surface area (Å²) in [6.45, 7) is 3.96. The Morgan fingerprint density at radius 1 is 1.44 bits per heavy atom. The zero-order chi connectivity index (χ0) is 13.5. The number of nitrogens with zero attached hydrogens (tertiary/aromatic N) is 2. The van der Waals surface area contributed by atoms with Crippen LogP contribution < -0.4 is 4.74 Å². The van der Waals surface area contributed by atoms with Crippen molar-refractivity contribution >= 4 is 44.6 Å². The van der Waals surface area contributed by atoms with Gasteiger partial charge < -0.3 is 4.74 Å². The fourth-order valence-corrected chi connectivity index (χ4v) is 2.93. The molecule has 0 aliphatic heterocycles. The van der Waals surface area contributed by atoms with E-state index in [9.17, 15) is 0 Å². The topological polar surface area (TPSA) is 56.8 Å². The van der Waals surface area contributed by atoms with Gasteiger partial charge in [-0.2, -0.15) is 10.5 Å². The van der Waals surface area contributed by atoms with Gasteiger partial charge in [0.25, 0.3) is 0 Å². The number of allylic oxidation sites excluding steroid dienone is 1. The Kier molecular flexibility index (Phi) is 5.90. The molecule has 0 heterocycles. The summed E-state index contributed by atoms with van der Waals surface area (Å²) in [5.41, 5.74) is 0.723. The fraction of sp³-hybridized carbons (Fsp3) is 0.0769. The SMILES string of the molecule is C=CCOc1c(I)cc(Br)cc1C=C(C#N)C#N. The Morgan fingerprint density at radius 3 is 2.67 bits per heavy atom. The Labute approximate surface area is 128 Å². The van der Waals surface area contributed by atoms with E-state index < -0.39 is 0 Å². The van der Waals surface area contributed by atoms with E-state index in [0.717, 1.165) is 8.04 Å². The summed E-state index contributed by atoms with van der Waals surface area (Å²) in [7, 11) is 0. The number of hydrogen-bond donors (Lipinski definition) is 0. The molecule has 0 unspecified atom stereocenters. The average molecular weight is 415 g/mol. The predicted molar refractivity (Wildman–Crippen MR) is 81.8 cm³/mol. The van der Waals surface area contributed by atoms with Gasteiger partial charge in [0.1, 0.15) is 30.1 Å². The van der Waals surface area contributed by atoms with Crippen LogP contribution in [0.15, 0.2) is 34.8 Å². The first-order chi connectivity index (χ1) is 8.62. The van der Waals surface area contributed by atoms with Crippen molar-refractivity contribution in [3.8, 4) is 17.9 Å². The highest BCUT2D eigenvalue weighted by Crippen LogP contribution is 2.31. The number of nitriles is 2. The molecule has 0 spiro atoms. The van der Waals surface area contributed by atoms with Gasteiger partial charge in [-0.05, 0) is 40.8 Å². The lowest BCUT2D eigenvalue weighted by Crippen LogP contribution is -1.98. The lowest BCUT2D eigenvalue weighted by molar-refractivity contribution is 0.360. The van der Waals surface area contributed by atoms with Crippen LogP contribution in [0.25, 0.3) is 6.08 Å². The zero-order valence-corrected chi connectivity index (χ0v) is 13.0. The lowest BCUT2D eigenvalue weighted by Gasteiger charge is -2.10. The summed E-state index contributed by atoms with van der Waals surface area (Å²) in [6, 6.07) is 7.36. The standard InChI is InChI=1S/C13H8BrIN2O/c1-2-3-18-13-10(4-9(7-16)8-17)5-11(14)6-12(13)15/h2,4-6H,1,3H2. The molecule has 0 aromatic heterocycles. The molecular weight excluding hydrogens is 407 g/mol. The zero-order valence-electron chi connectivity index (χ0n) is 9.28. The van der Waals surface area contributed by atoms with Crippen LogP contribution in [0.2, 0.25) is 0 Å². The van der Waals surface area contributed by atoms with Gasteiger partial charge in [0.05, 0.1) is 3.57 Å². The van der Waals surface area contributed by atoms with E-state index in [2.05, 4.69) is 45.1 Å². The van der Waals surface area contributed by atoms with E-state index in [1.54, 1.807) is 12.1 Å². The van der Waals surface area contributed by atoms with Crippen molar-refractivity contribution in [3.05, 3.63) is 44.0 Å². The summed E-state index contributed by atoms with van der Waals surface area (Å²) in [5, 5.41) is 17.6. The minimum Gasteiger partial charge on any atom is -0.488 e. The van der Waals surface area contributed by atoms with Gasteiger partial charge in [0.15, 0.2) is 0 Å².